The van der Waals surface area contributed by atoms with E-state index in [9.17, 15) is 9.59 Å². The first-order valence-corrected chi connectivity index (χ1v) is 4.55. The Bertz CT molecular complexity index is 472. The summed E-state index contributed by atoms with van der Waals surface area (Å²) in [5.74, 6) is -0.465. The number of carbonyl (C=O) groups excluding carboxylic acids is 2. The molecule has 14 heavy (non-hydrogen) atoms. The number of allylic oxidation sites excluding steroid dienone is 2. The smallest absolute Gasteiger partial charge is 0.205 e. The monoisotopic (exact) mass is 206 g/mol. The van der Waals surface area contributed by atoms with Crippen LogP contribution in [0.3, 0.4) is 0 Å². The minimum atomic E-state index is -0.264. The fourth-order valence-corrected chi connectivity index (χ4v) is 1.75. The minimum absolute atomic E-state index is 0.00296. The van der Waals surface area contributed by atoms with Gasteiger partial charge in [-0.25, -0.2) is 0 Å². The molecule has 0 bridgehead atoms. The number of hydrogen-bond donors (Lipinski definition) is 0. The number of carbonyl (C=O) groups is 2. The zero-order valence-electron chi connectivity index (χ0n) is 7.50. The Labute approximate surface area is 86.2 Å². The van der Waals surface area contributed by atoms with Crippen molar-refractivity contribution in [2.45, 2.75) is 6.92 Å². The van der Waals surface area contributed by atoms with E-state index in [-0.39, 0.29) is 16.6 Å². The van der Waals surface area contributed by atoms with E-state index in [1.807, 2.05) is 0 Å². The topological polar surface area (TPSA) is 34.1 Å². The summed E-state index contributed by atoms with van der Waals surface area (Å²) in [5, 5.41) is -0.00296. The summed E-state index contributed by atoms with van der Waals surface area (Å²) in [6.07, 6.45) is 1.17. The van der Waals surface area contributed by atoms with Gasteiger partial charge in [-0.2, -0.15) is 0 Å². The highest BCUT2D eigenvalue weighted by Crippen LogP contribution is 2.25. The molecule has 0 radical (unpaired) electrons. The Morgan fingerprint density at radius 3 is 2.64 bits per heavy atom. The number of benzene rings is 1. The van der Waals surface area contributed by atoms with Gasteiger partial charge in [0.2, 0.25) is 5.78 Å². The van der Waals surface area contributed by atoms with E-state index in [1.165, 1.54) is 6.08 Å². The first-order chi connectivity index (χ1) is 6.61. The van der Waals surface area contributed by atoms with E-state index in [4.69, 9.17) is 11.6 Å². The summed E-state index contributed by atoms with van der Waals surface area (Å²) in [7, 11) is 0. The zero-order chi connectivity index (χ0) is 10.3. The van der Waals surface area contributed by atoms with E-state index < -0.39 is 0 Å². The van der Waals surface area contributed by atoms with Gasteiger partial charge in [0.05, 0.1) is 5.03 Å². The van der Waals surface area contributed by atoms with E-state index in [2.05, 4.69) is 0 Å². The lowest BCUT2D eigenvalue weighted by atomic mass is 9.91. The number of fused-ring (bicyclic) bond motifs is 1. The van der Waals surface area contributed by atoms with Gasteiger partial charge in [0.1, 0.15) is 0 Å². The maximum atomic E-state index is 11.6. The number of halogens is 1. The van der Waals surface area contributed by atoms with Crippen molar-refractivity contribution in [3.63, 3.8) is 0 Å². The van der Waals surface area contributed by atoms with Crippen LogP contribution in [0.5, 0.6) is 0 Å². The van der Waals surface area contributed by atoms with Crippen molar-refractivity contribution in [2.24, 2.45) is 0 Å². The van der Waals surface area contributed by atoms with Crippen molar-refractivity contribution in [2.75, 3.05) is 0 Å². The van der Waals surface area contributed by atoms with Crippen molar-refractivity contribution in [1.29, 1.82) is 0 Å². The molecule has 1 aromatic rings. The highest BCUT2D eigenvalue weighted by atomic mass is 35.5. The van der Waals surface area contributed by atoms with Crippen LogP contribution in [0.15, 0.2) is 29.3 Å². The molecule has 2 rings (SSSR count). The third-order valence-electron chi connectivity index (χ3n) is 2.24. The van der Waals surface area contributed by atoms with Crippen LogP contribution in [0.4, 0.5) is 0 Å². The maximum absolute atomic E-state index is 11.6. The van der Waals surface area contributed by atoms with Crippen molar-refractivity contribution in [1.82, 2.24) is 0 Å². The lowest BCUT2D eigenvalue weighted by Crippen LogP contribution is -2.15. The van der Waals surface area contributed by atoms with Crippen LogP contribution in [-0.2, 0) is 0 Å². The number of ketones is 2. The number of hydrogen-bond acceptors (Lipinski definition) is 2. The van der Waals surface area contributed by atoms with Gasteiger partial charge in [-0.05, 0) is 12.5 Å². The average molecular weight is 207 g/mol. The van der Waals surface area contributed by atoms with E-state index >= 15 is 0 Å². The summed E-state index contributed by atoms with van der Waals surface area (Å²) < 4.78 is 0. The second-order valence-electron chi connectivity index (χ2n) is 3.18. The predicted octanol–water partition coefficient (Wildman–Crippen LogP) is 2.50. The standard InChI is InChI=1S/C11H7ClO2/c1-6-3-2-4-7-9(13)5-8(12)11(14)10(6)7/h2-5H,1H3. The largest absolute Gasteiger partial charge is 0.289 e. The van der Waals surface area contributed by atoms with Gasteiger partial charge in [0.25, 0.3) is 0 Å². The predicted molar refractivity (Wildman–Crippen MR) is 53.8 cm³/mol. The van der Waals surface area contributed by atoms with Gasteiger partial charge >= 0.3 is 0 Å². The fourth-order valence-electron chi connectivity index (χ4n) is 1.55. The Morgan fingerprint density at radius 1 is 1.21 bits per heavy atom. The Balaban J connectivity index is 2.76. The van der Waals surface area contributed by atoms with Crippen LogP contribution < -0.4 is 0 Å². The van der Waals surface area contributed by atoms with Crippen LogP contribution in [0.1, 0.15) is 26.3 Å². The van der Waals surface area contributed by atoms with E-state index in [1.54, 1.807) is 25.1 Å². The highest BCUT2D eigenvalue weighted by Gasteiger charge is 2.25. The molecule has 0 spiro atoms. The Hall–Kier alpha value is -1.41. The molecule has 1 aliphatic carbocycles. The first-order valence-electron chi connectivity index (χ1n) is 4.17. The van der Waals surface area contributed by atoms with Gasteiger partial charge in [-0.1, -0.05) is 29.8 Å². The van der Waals surface area contributed by atoms with Crippen molar-refractivity contribution in [3.05, 3.63) is 46.0 Å². The second-order valence-corrected chi connectivity index (χ2v) is 3.59. The third-order valence-corrected chi connectivity index (χ3v) is 2.52. The molecule has 0 aliphatic heterocycles. The van der Waals surface area contributed by atoms with Gasteiger partial charge in [-0.15, -0.1) is 0 Å². The molecule has 70 valence electrons. The van der Waals surface area contributed by atoms with Crippen LogP contribution >= 0.6 is 11.6 Å². The van der Waals surface area contributed by atoms with Crippen LogP contribution in [0.2, 0.25) is 0 Å². The molecule has 0 fully saturated rings. The molecule has 2 nitrogen and oxygen atoms in total. The number of Topliss-reactive ketones (excluding diaryl/α,β-unsaturated/α-hetero) is 1. The SMILES string of the molecule is Cc1cccc2c1C(=O)C(Cl)=CC2=O. The zero-order valence-corrected chi connectivity index (χ0v) is 8.26. The van der Waals surface area contributed by atoms with Crippen LogP contribution in [0, 0.1) is 6.92 Å². The summed E-state index contributed by atoms with van der Waals surface area (Å²) in [4.78, 5) is 23.1. The normalized spacial score (nSPS) is 15.1. The van der Waals surface area contributed by atoms with Crippen molar-refractivity contribution < 1.29 is 9.59 Å². The summed E-state index contributed by atoms with van der Waals surface area (Å²) >= 11 is 5.65. The molecule has 1 aliphatic rings. The lowest BCUT2D eigenvalue weighted by molar-refractivity contribution is 0.0990. The van der Waals surface area contributed by atoms with Gasteiger partial charge in [0.15, 0.2) is 5.78 Å². The van der Waals surface area contributed by atoms with Crippen molar-refractivity contribution >= 4 is 23.2 Å². The molecule has 0 atom stereocenters. The molecule has 0 amide bonds. The summed E-state index contributed by atoms with van der Waals surface area (Å²) in [6.45, 7) is 1.79. The number of aryl methyl sites for hydroxylation is 1. The summed E-state index contributed by atoms with van der Waals surface area (Å²) in [5.41, 5.74) is 1.66. The van der Waals surface area contributed by atoms with Crippen LogP contribution in [-0.4, -0.2) is 11.6 Å². The summed E-state index contributed by atoms with van der Waals surface area (Å²) in [6, 6.07) is 5.19. The fraction of sp³-hybridized carbons (Fsp3) is 0.0909. The van der Waals surface area contributed by atoms with E-state index in [0.717, 1.165) is 5.56 Å². The van der Waals surface area contributed by atoms with Crippen LogP contribution in [0.25, 0.3) is 0 Å². The lowest BCUT2D eigenvalue weighted by Gasteiger charge is -2.13. The Kier molecular flexibility index (Phi) is 2.01. The minimum Gasteiger partial charge on any atom is -0.289 e. The first kappa shape index (κ1) is 9.16. The van der Waals surface area contributed by atoms with Gasteiger partial charge in [0, 0.05) is 17.2 Å². The van der Waals surface area contributed by atoms with Gasteiger partial charge < -0.3 is 0 Å². The molecule has 0 N–H and O–H groups in total. The molecule has 0 unspecified atom stereocenters. The maximum Gasteiger partial charge on any atom is 0.205 e. The third kappa shape index (κ3) is 1.19. The molecular formula is C11H7ClO2. The molecule has 0 saturated heterocycles. The average Bonchev–Trinajstić information content (AvgIpc) is 2.14. The molecular weight excluding hydrogens is 200 g/mol. The molecule has 0 heterocycles. The molecule has 0 saturated carbocycles. The Morgan fingerprint density at radius 2 is 1.93 bits per heavy atom. The van der Waals surface area contributed by atoms with E-state index in [0.29, 0.717) is 11.1 Å². The molecule has 0 aromatic heterocycles. The second kappa shape index (κ2) is 3.07. The molecule has 3 heteroatoms. The van der Waals surface area contributed by atoms with Crippen molar-refractivity contribution in [3.8, 4) is 0 Å². The number of rotatable bonds is 0. The van der Waals surface area contributed by atoms with Gasteiger partial charge in [-0.3, -0.25) is 9.59 Å². The quantitative estimate of drug-likeness (QED) is 0.654. The molecule has 1 aromatic carbocycles. The highest BCUT2D eigenvalue weighted by molar-refractivity contribution is 6.49.